The Balaban J connectivity index is 1.26. The van der Waals surface area contributed by atoms with Crippen molar-refractivity contribution >= 4 is 22.5 Å². The molecule has 1 aliphatic carbocycles. The first-order valence-corrected chi connectivity index (χ1v) is 10.6. The molecule has 0 amide bonds. The fraction of sp³-hybridized carbons (Fsp3) is 0.500. The molecule has 7 nitrogen and oxygen atoms in total. The van der Waals surface area contributed by atoms with Crippen molar-refractivity contribution in [3.63, 3.8) is 0 Å². The van der Waals surface area contributed by atoms with Gasteiger partial charge in [-0.05, 0) is 61.8 Å². The quantitative estimate of drug-likeness (QED) is 0.709. The van der Waals surface area contributed by atoms with E-state index in [0.717, 1.165) is 62.4 Å². The Morgan fingerprint density at radius 3 is 2.62 bits per heavy atom. The number of nitrogens with one attached hydrogen (secondary N) is 1. The number of morpholine rings is 1. The van der Waals surface area contributed by atoms with Crippen LogP contribution in [0.2, 0.25) is 0 Å². The first kappa shape index (κ1) is 18.4. The van der Waals surface area contributed by atoms with Crippen LogP contribution >= 0.6 is 0 Å². The minimum atomic E-state index is 0.459. The van der Waals surface area contributed by atoms with Gasteiger partial charge >= 0.3 is 0 Å². The van der Waals surface area contributed by atoms with Crippen LogP contribution in [-0.2, 0) is 11.2 Å². The molecule has 0 unspecified atom stereocenters. The molecule has 7 heteroatoms. The maximum atomic E-state index is 5.51. The third kappa shape index (κ3) is 4.19. The first-order valence-electron chi connectivity index (χ1n) is 10.6. The molecule has 0 bridgehead atoms. The summed E-state index contributed by atoms with van der Waals surface area (Å²) >= 11 is 0. The van der Waals surface area contributed by atoms with E-state index in [2.05, 4.69) is 37.5 Å². The van der Waals surface area contributed by atoms with E-state index in [1.165, 1.54) is 24.1 Å². The topological polar surface area (TPSA) is 76.3 Å². The molecule has 2 aromatic heterocycles. The van der Waals surface area contributed by atoms with Gasteiger partial charge in [0.2, 0.25) is 5.95 Å². The van der Waals surface area contributed by atoms with Crippen LogP contribution in [0.5, 0.6) is 0 Å². The summed E-state index contributed by atoms with van der Waals surface area (Å²) in [5, 5.41) is 8.87. The molecule has 1 N–H and O–H groups in total. The van der Waals surface area contributed by atoms with E-state index in [4.69, 9.17) is 9.26 Å². The van der Waals surface area contributed by atoms with Gasteiger partial charge in [-0.3, -0.25) is 0 Å². The van der Waals surface area contributed by atoms with Crippen molar-refractivity contribution < 1.29 is 9.26 Å². The predicted molar refractivity (Wildman–Crippen MR) is 112 cm³/mol. The van der Waals surface area contributed by atoms with Gasteiger partial charge in [0.25, 0.3) is 0 Å². The molecule has 2 fully saturated rings. The largest absolute Gasteiger partial charge is 0.378 e. The summed E-state index contributed by atoms with van der Waals surface area (Å²) in [5.41, 5.74) is 3.58. The number of fused-ring (bicyclic) bond motifs is 1. The third-order valence-electron chi connectivity index (χ3n) is 6.16. The van der Waals surface area contributed by atoms with Crippen molar-refractivity contribution in [2.45, 2.75) is 38.1 Å². The second-order valence-electron chi connectivity index (χ2n) is 8.10. The Morgan fingerprint density at radius 1 is 1.03 bits per heavy atom. The van der Waals surface area contributed by atoms with E-state index in [-0.39, 0.29) is 0 Å². The summed E-state index contributed by atoms with van der Waals surface area (Å²) in [6.45, 7) is 3.46. The molecule has 152 valence electrons. The van der Waals surface area contributed by atoms with Crippen LogP contribution in [0.15, 0.2) is 41.4 Å². The number of aromatic nitrogens is 3. The van der Waals surface area contributed by atoms with Crippen LogP contribution in [0.1, 0.15) is 31.2 Å². The molecular formula is C22H27N5O2. The molecule has 29 heavy (non-hydrogen) atoms. The second kappa shape index (κ2) is 8.37. The monoisotopic (exact) mass is 393 g/mol. The molecule has 1 aliphatic heterocycles. The first-order chi connectivity index (χ1) is 14.3. The molecule has 0 radical (unpaired) electrons. The van der Waals surface area contributed by atoms with Gasteiger partial charge in [0.15, 0.2) is 0 Å². The number of benzene rings is 1. The summed E-state index contributed by atoms with van der Waals surface area (Å²) in [7, 11) is 0. The minimum Gasteiger partial charge on any atom is -0.378 e. The van der Waals surface area contributed by atoms with E-state index in [1.54, 1.807) is 18.7 Å². The maximum absolute atomic E-state index is 5.51. The van der Waals surface area contributed by atoms with E-state index in [1.807, 2.05) is 6.07 Å². The van der Waals surface area contributed by atoms with Crippen LogP contribution in [-0.4, -0.2) is 47.5 Å². The number of nitrogens with zero attached hydrogens (tertiary/aromatic N) is 4. The molecular weight excluding hydrogens is 366 g/mol. The zero-order valence-electron chi connectivity index (χ0n) is 16.6. The highest BCUT2D eigenvalue weighted by atomic mass is 16.5. The Kier molecular flexibility index (Phi) is 5.30. The molecule has 2 aliphatic rings. The maximum Gasteiger partial charge on any atom is 0.222 e. The highest BCUT2D eigenvalue weighted by molar-refractivity contribution is 5.85. The summed E-state index contributed by atoms with van der Waals surface area (Å²) in [5.74, 6) is 1.41. The van der Waals surface area contributed by atoms with E-state index in [0.29, 0.717) is 12.0 Å². The van der Waals surface area contributed by atoms with Gasteiger partial charge in [0, 0.05) is 42.6 Å². The number of hydrogen-bond donors (Lipinski definition) is 1. The number of hydrogen-bond acceptors (Lipinski definition) is 7. The lowest BCUT2D eigenvalue weighted by Crippen LogP contribution is -2.36. The lowest BCUT2D eigenvalue weighted by Gasteiger charge is -2.31. The Hall–Kier alpha value is -2.67. The molecule has 3 heterocycles. The second-order valence-corrected chi connectivity index (χ2v) is 8.10. The van der Waals surface area contributed by atoms with Crippen molar-refractivity contribution in [2.75, 3.05) is 36.5 Å². The Labute approximate surface area is 170 Å². The van der Waals surface area contributed by atoms with E-state index in [9.17, 15) is 0 Å². The van der Waals surface area contributed by atoms with Gasteiger partial charge in [0.05, 0.1) is 13.2 Å². The number of rotatable bonds is 5. The summed E-state index contributed by atoms with van der Waals surface area (Å²) < 4.78 is 10.8. The molecule has 1 aromatic carbocycles. The average molecular weight is 393 g/mol. The van der Waals surface area contributed by atoms with Gasteiger partial charge in [-0.15, -0.1) is 0 Å². The fourth-order valence-electron chi connectivity index (χ4n) is 4.58. The van der Waals surface area contributed by atoms with Gasteiger partial charge in [-0.2, -0.15) is 0 Å². The van der Waals surface area contributed by atoms with Crippen LogP contribution in [0.3, 0.4) is 0 Å². The Bertz CT molecular complexity index is 931. The van der Waals surface area contributed by atoms with Crippen molar-refractivity contribution in [1.29, 1.82) is 0 Å². The Morgan fingerprint density at radius 2 is 1.83 bits per heavy atom. The number of ether oxygens (including phenoxy) is 1. The summed E-state index contributed by atoms with van der Waals surface area (Å²) in [6, 6.07) is 6.82. The van der Waals surface area contributed by atoms with E-state index >= 15 is 0 Å². The third-order valence-corrected chi connectivity index (χ3v) is 6.16. The van der Waals surface area contributed by atoms with Gasteiger partial charge in [-0.1, -0.05) is 5.16 Å². The highest BCUT2D eigenvalue weighted by Crippen LogP contribution is 2.33. The molecule has 1 saturated heterocycles. The average Bonchev–Trinajstić information content (AvgIpc) is 3.26. The van der Waals surface area contributed by atoms with Gasteiger partial charge in [-0.25, -0.2) is 9.97 Å². The lowest BCUT2D eigenvalue weighted by atomic mass is 9.82. The van der Waals surface area contributed by atoms with Gasteiger partial charge < -0.3 is 19.5 Å². The molecule has 3 aromatic rings. The van der Waals surface area contributed by atoms with E-state index < -0.39 is 0 Å². The highest BCUT2D eigenvalue weighted by Gasteiger charge is 2.24. The van der Waals surface area contributed by atoms with Crippen molar-refractivity contribution in [3.05, 3.63) is 42.4 Å². The van der Waals surface area contributed by atoms with Crippen LogP contribution < -0.4 is 10.2 Å². The predicted octanol–water partition coefficient (Wildman–Crippen LogP) is 3.67. The van der Waals surface area contributed by atoms with Crippen molar-refractivity contribution in [3.8, 4) is 0 Å². The van der Waals surface area contributed by atoms with Gasteiger partial charge in [0.1, 0.15) is 11.8 Å². The minimum absolute atomic E-state index is 0.459. The normalized spacial score (nSPS) is 22.7. The zero-order valence-corrected chi connectivity index (χ0v) is 16.6. The SMILES string of the molecule is c1cnc(NC2CCC(Cc3cc(N4CCOCC4)cc4conc34)CC2)nc1. The van der Waals surface area contributed by atoms with Crippen LogP contribution in [0, 0.1) is 5.92 Å². The fourth-order valence-corrected chi connectivity index (χ4v) is 4.58. The molecule has 0 spiro atoms. The lowest BCUT2D eigenvalue weighted by molar-refractivity contribution is 0.122. The molecule has 0 atom stereocenters. The van der Waals surface area contributed by atoms with Crippen molar-refractivity contribution in [2.24, 2.45) is 5.92 Å². The molecule has 1 saturated carbocycles. The summed E-state index contributed by atoms with van der Waals surface area (Å²) in [4.78, 5) is 11.0. The number of anilines is 2. The summed E-state index contributed by atoms with van der Waals surface area (Å²) in [6.07, 6.45) is 11.1. The zero-order chi connectivity index (χ0) is 19.5. The molecule has 5 rings (SSSR count). The standard InChI is InChI=1S/C22H27N5O2/c1-6-23-22(24-7-1)25-19-4-2-16(3-5-19)12-17-13-20(27-8-10-28-11-9-27)14-18-15-29-26-21(17)18/h1,6-7,13-16,19H,2-5,8-12H2,(H,23,24,25). The van der Waals surface area contributed by atoms with Crippen LogP contribution in [0.4, 0.5) is 11.6 Å². The smallest absolute Gasteiger partial charge is 0.222 e. The van der Waals surface area contributed by atoms with Crippen LogP contribution in [0.25, 0.3) is 10.9 Å². The van der Waals surface area contributed by atoms with Crippen molar-refractivity contribution in [1.82, 2.24) is 15.1 Å².